The SMILES string of the molecule is CCC(Nc1cccc(F)c1[N+](=O)[O-])C(C)C. The lowest BCUT2D eigenvalue weighted by Crippen LogP contribution is -2.25. The second-order valence-corrected chi connectivity index (χ2v) is 4.30. The molecule has 1 unspecified atom stereocenters. The van der Waals surface area contributed by atoms with E-state index in [0.29, 0.717) is 5.92 Å². The molecule has 0 aliphatic rings. The standard InChI is InChI=1S/C12H17FN2O2/c1-4-10(8(2)3)14-11-7-5-6-9(13)12(11)15(16)17/h5-8,10,14H,4H2,1-3H3. The predicted molar refractivity (Wildman–Crippen MR) is 65.6 cm³/mol. The fourth-order valence-corrected chi connectivity index (χ4v) is 1.76. The first-order valence-electron chi connectivity index (χ1n) is 5.66. The molecule has 0 spiro atoms. The van der Waals surface area contributed by atoms with Gasteiger partial charge in [-0.1, -0.05) is 26.8 Å². The zero-order valence-electron chi connectivity index (χ0n) is 10.2. The summed E-state index contributed by atoms with van der Waals surface area (Å²) in [5, 5.41) is 13.8. The summed E-state index contributed by atoms with van der Waals surface area (Å²) >= 11 is 0. The Hall–Kier alpha value is -1.65. The smallest absolute Gasteiger partial charge is 0.327 e. The Morgan fingerprint density at radius 2 is 2.12 bits per heavy atom. The molecular formula is C12H17FN2O2. The number of hydrogen-bond acceptors (Lipinski definition) is 3. The molecule has 5 heteroatoms. The van der Waals surface area contributed by atoms with E-state index in [9.17, 15) is 14.5 Å². The van der Waals surface area contributed by atoms with Crippen molar-refractivity contribution in [3.05, 3.63) is 34.1 Å². The van der Waals surface area contributed by atoms with E-state index in [1.165, 1.54) is 12.1 Å². The number of nitrogens with one attached hydrogen (secondary N) is 1. The van der Waals surface area contributed by atoms with Crippen LogP contribution in [0, 0.1) is 21.8 Å². The molecule has 0 saturated carbocycles. The molecule has 0 heterocycles. The number of nitrogens with zero attached hydrogens (tertiary/aromatic N) is 1. The Bertz CT molecular complexity index is 407. The molecular weight excluding hydrogens is 223 g/mol. The van der Waals surface area contributed by atoms with Gasteiger partial charge in [0.2, 0.25) is 5.82 Å². The van der Waals surface area contributed by atoms with Crippen LogP contribution in [0.15, 0.2) is 18.2 Å². The number of nitro benzene ring substituents is 1. The van der Waals surface area contributed by atoms with Gasteiger partial charge in [-0.05, 0) is 24.5 Å². The summed E-state index contributed by atoms with van der Waals surface area (Å²) in [6.07, 6.45) is 0.825. The van der Waals surface area contributed by atoms with E-state index in [-0.39, 0.29) is 11.7 Å². The van der Waals surface area contributed by atoms with Gasteiger partial charge < -0.3 is 5.32 Å². The van der Waals surface area contributed by atoms with Crippen LogP contribution in [0.25, 0.3) is 0 Å². The molecule has 1 aromatic carbocycles. The molecule has 4 nitrogen and oxygen atoms in total. The molecule has 0 saturated heterocycles. The molecule has 0 aromatic heterocycles. The molecule has 0 amide bonds. The van der Waals surface area contributed by atoms with Gasteiger partial charge in [0, 0.05) is 6.04 Å². The van der Waals surface area contributed by atoms with Gasteiger partial charge in [0.1, 0.15) is 5.69 Å². The molecule has 0 fully saturated rings. The molecule has 1 N–H and O–H groups in total. The molecule has 0 bridgehead atoms. The normalized spacial score (nSPS) is 12.5. The Balaban J connectivity index is 3.05. The van der Waals surface area contributed by atoms with Crippen LogP contribution in [0.1, 0.15) is 27.2 Å². The number of halogens is 1. The van der Waals surface area contributed by atoms with Crippen LogP contribution < -0.4 is 5.32 Å². The summed E-state index contributed by atoms with van der Waals surface area (Å²) < 4.78 is 13.4. The van der Waals surface area contributed by atoms with Gasteiger partial charge in [-0.25, -0.2) is 0 Å². The van der Waals surface area contributed by atoms with Crippen molar-refractivity contribution in [1.29, 1.82) is 0 Å². The summed E-state index contributed by atoms with van der Waals surface area (Å²) in [5.41, 5.74) is -0.234. The Morgan fingerprint density at radius 1 is 1.47 bits per heavy atom. The maximum Gasteiger partial charge on any atom is 0.327 e. The summed E-state index contributed by atoms with van der Waals surface area (Å²) in [7, 11) is 0. The highest BCUT2D eigenvalue weighted by Gasteiger charge is 2.22. The highest BCUT2D eigenvalue weighted by atomic mass is 19.1. The number of para-hydroxylation sites is 1. The van der Waals surface area contributed by atoms with E-state index in [4.69, 9.17) is 0 Å². The van der Waals surface area contributed by atoms with Gasteiger partial charge in [0.25, 0.3) is 0 Å². The Morgan fingerprint density at radius 3 is 2.59 bits per heavy atom. The number of benzene rings is 1. The summed E-state index contributed by atoms with van der Waals surface area (Å²) in [4.78, 5) is 10.1. The Kier molecular flexibility index (Phi) is 4.43. The van der Waals surface area contributed by atoms with E-state index in [2.05, 4.69) is 5.32 Å². The molecule has 94 valence electrons. The summed E-state index contributed by atoms with van der Waals surface area (Å²) in [6.45, 7) is 6.03. The van der Waals surface area contributed by atoms with Gasteiger partial charge in [0.15, 0.2) is 0 Å². The quantitative estimate of drug-likeness (QED) is 0.632. The lowest BCUT2D eigenvalue weighted by atomic mass is 10.0. The maximum absolute atomic E-state index is 13.4. The fraction of sp³-hybridized carbons (Fsp3) is 0.500. The van der Waals surface area contributed by atoms with E-state index < -0.39 is 16.4 Å². The Labute approximate surface area is 100.0 Å². The largest absolute Gasteiger partial charge is 0.376 e. The number of anilines is 1. The van der Waals surface area contributed by atoms with Gasteiger partial charge >= 0.3 is 5.69 Å². The molecule has 1 aromatic rings. The van der Waals surface area contributed by atoms with E-state index in [0.717, 1.165) is 12.5 Å². The second-order valence-electron chi connectivity index (χ2n) is 4.30. The summed E-state index contributed by atoms with van der Waals surface area (Å²) in [5.74, 6) is -0.485. The molecule has 0 aliphatic carbocycles. The van der Waals surface area contributed by atoms with Gasteiger partial charge in [-0.3, -0.25) is 10.1 Å². The van der Waals surface area contributed by atoms with Crippen LogP contribution in [0.4, 0.5) is 15.8 Å². The van der Waals surface area contributed by atoms with Crippen LogP contribution in [0.5, 0.6) is 0 Å². The topological polar surface area (TPSA) is 55.2 Å². The van der Waals surface area contributed by atoms with E-state index in [1.54, 1.807) is 0 Å². The number of hydrogen-bond donors (Lipinski definition) is 1. The lowest BCUT2D eigenvalue weighted by Gasteiger charge is -2.21. The minimum Gasteiger partial charge on any atom is -0.376 e. The minimum absolute atomic E-state index is 0.0931. The average molecular weight is 240 g/mol. The van der Waals surface area contributed by atoms with Gasteiger partial charge in [0.05, 0.1) is 4.92 Å². The fourth-order valence-electron chi connectivity index (χ4n) is 1.76. The lowest BCUT2D eigenvalue weighted by molar-refractivity contribution is -0.386. The zero-order chi connectivity index (χ0) is 13.0. The van der Waals surface area contributed by atoms with Crippen molar-refractivity contribution in [3.63, 3.8) is 0 Å². The predicted octanol–water partition coefficient (Wildman–Crippen LogP) is 3.58. The molecule has 0 aliphatic heterocycles. The number of rotatable bonds is 5. The molecule has 1 rings (SSSR count). The number of nitro groups is 1. The van der Waals surface area contributed by atoms with Gasteiger partial charge in [-0.15, -0.1) is 0 Å². The highest BCUT2D eigenvalue weighted by Crippen LogP contribution is 2.29. The maximum atomic E-state index is 13.4. The van der Waals surface area contributed by atoms with Crippen molar-refractivity contribution < 1.29 is 9.31 Å². The zero-order valence-corrected chi connectivity index (χ0v) is 10.2. The molecule has 0 radical (unpaired) electrons. The van der Waals surface area contributed by atoms with Crippen molar-refractivity contribution in [3.8, 4) is 0 Å². The third kappa shape index (κ3) is 3.15. The van der Waals surface area contributed by atoms with Crippen LogP contribution >= 0.6 is 0 Å². The van der Waals surface area contributed by atoms with E-state index in [1.807, 2.05) is 20.8 Å². The molecule has 17 heavy (non-hydrogen) atoms. The highest BCUT2D eigenvalue weighted by molar-refractivity contribution is 5.62. The van der Waals surface area contributed by atoms with E-state index >= 15 is 0 Å². The van der Waals surface area contributed by atoms with Crippen molar-refractivity contribution in [2.24, 2.45) is 5.92 Å². The van der Waals surface area contributed by atoms with Crippen LogP contribution in [-0.2, 0) is 0 Å². The van der Waals surface area contributed by atoms with Crippen molar-refractivity contribution in [1.82, 2.24) is 0 Å². The second kappa shape index (κ2) is 5.61. The summed E-state index contributed by atoms with van der Waals surface area (Å²) in [6, 6.07) is 4.19. The van der Waals surface area contributed by atoms with Crippen LogP contribution in [0.3, 0.4) is 0 Å². The van der Waals surface area contributed by atoms with Crippen LogP contribution in [-0.4, -0.2) is 11.0 Å². The average Bonchev–Trinajstić information content (AvgIpc) is 2.24. The third-order valence-electron chi connectivity index (χ3n) is 2.75. The van der Waals surface area contributed by atoms with Crippen molar-refractivity contribution >= 4 is 11.4 Å². The monoisotopic (exact) mass is 240 g/mol. The first-order chi connectivity index (χ1) is 7.97. The van der Waals surface area contributed by atoms with Gasteiger partial charge in [-0.2, -0.15) is 4.39 Å². The van der Waals surface area contributed by atoms with Crippen molar-refractivity contribution in [2.45, 2.75) is 33.2 Å². The molecule has 1 atom stereocenters. The van der Waals surface area contributed by atoms with Crippen molar-refractivity contribution in [2.75, 3.05) is 5.32 Å². The first kappa shape index (κ1) is 13.4. The first-order valence-corrected chi connectivity index (χ1v) is 5.66. The van der Waals surface area contributed by atoms with Crippen LogP contribution in [0.2, 0.25) is 0 Å². The third-order valence-corrected chi connectivity index (χ3v) is 2.75. The minimum atomic E-state index is -0.807.